The molecule has 1 aliphatic rings. The van der Waals surface area contributed by atoms with Crippen molar-refractivity contribution in [2.45, 2.75) is 45.6 Å². The molecular weight excluding hydrogens is 288 g/mol. The fourth-order valence-corrected chi connectivity index (χ4v) is 2.89. The fraction of sp³-hybridized carbons (Fsp3) is 0.600. The lowest BCUT2D eigenvalue weighted by Gasteiger charge is -2.30. The van der Waals surface area contributed by atoms with Crippen LogP contribution in [-0.4, -0.2) is 40.7 Å². The van der Waals surface area contributed by atoms with Crippen molar-refractivity contribution in [2.24, 2.45) is 0 Å². The summed E-state index contributed by atoms with van der Waals surface area (Å²) in [6.07, 6.45) is 1.48. The first-order valence-electron chi connectivity index (χ1n) is 7.19. The van der Waals surface area contributed by atoms with Gasteiger partial charge in [0.05, 0.1) is 0 Å². The van der Waals surface area contributed by atoms with E-state index in [0.29, 0.717) is 25.9 Å². The standard InChI is InChI=1S/C15H22N2O3S/c1-15(2,3)20-14(19)17-9-4-8-16(17)13(18)6-5-12-7-10-21-11-12/h7,10-11H,4-6,8-9H2,1-3H3. The molecule has 5 nitrogen and oxygen atoms in total. The van der Waals surface area contributed by atoms with Gasteiger partial charge in [-0.1, -0.05) is 0 Å². The molecule has 21 heavy (non-hydrogen) atoms. The van der Waals surface area contributed by atoms with Gasteiger partial charge >= 0.3 is 6.09 Å². The number of nitrogens with zero attached hydrogens (tertiary/aromatic N) is 2. The van der Waals surface area contributed by atoms with E-state index >= 15 is 0 Å². The lowest BCUT2D eigenvalue weighted by molar-refractivity contribution is -0.142. The van der Waals surface area contributed by atoms with Gasteiger partial charge in [-0.25, -0.2) is 14.8 Å². The topological polar surface area (TPSA) is 49.9 Å². The molecule has 1 aromatic heterocycles. The number of hydrazine groups is 1. The molecule has 1 aliphatic heterocycles. The summed E-state index contributed by atoms with van der Waals surface area (Å²) in [5.41, 5.74) is 0.613. The number of amides is 2. The molecule has 1 aromatic rings. The second-order valence-electron chi connectivity index (χ2n) is 6.11. The van der Waals surface area contributed by atoms with Crippen molar-refractivity contribution in [3.05, 3.63) is 22.4 Å². The predicted octanol–water partition coefficient (Wildman–Crippen LogP) is 3.07. The SMILES string of the molecule is CC(C)(C)OC(=O)N1CCCN1C(=O)CCc1ccsc1. The highest BCUT2D eigenvalue weighted by Gasteiger charge is 2.33. The van der Waals surface area contributed by atoms with E-state index in [9.17, 15) is 9.59 Å². The predicted molar refractivity (Wildman–Crippen MR) is 81.9 cm³/mol. The molecule has 0 N–H and O–H groups in total. The Balaban J connectivity index is 1.91. The van der Waals surface area contributed by atoms with Crippen LogP contribution in [0.2, 0.25) is 0 Å². The van der Waals surface area contributed by atoms with Crippen LogP contribution in [0.25, 0.3) is 0 Å². The van der Waals surface area contributed by atoms with Gasteiger partial charge in [-0.3, -0.25) is 4.79 Å². The van der Waals surface area contributed by atoms with Crippen LogP contribution >= 0.6 is 11.3 Å². The van der Waals surface area contributed by atoms with Crippen molar-refractivity contribution in [3.63, 3.8) is 0 Å². The quantitative estimate of drug-likeness (QED) is 0.862. The van der Waals surface area contributed by atoms with Crippen molar-refractivity contribution in [1.29, 1.82) is 0 Å². The molecule has 0 radical (unpaired) electrons. The van der Waals surface area contributed by atoms with Gasteiger partial charge in [0.15, 0.2) is 0 Å². The number of aryl methyl sites for hydroxylation is 1. The number of ether oxygens (including phenoxy) is 1. The van der Waals surface area contributed by atoms with E-state index in [1.807, 2.05) is 37.6 Å². The minimum absolute atomic E-state index is 0.0236. The number of carbonyl (C=O) groups excluding carboxylic acids is 2. The summed E-state index contributed by atoms with van der Waals surface area (Å²) < 4.78 is 5.35. The third kappa shape index (κ3) is 4.46. The summed E-state index contributed by atoms with van der Waals surface area (Å²) in [6, 6.07) is 2.02. The Morgan fingerprint density at radius 2 is 2.00 bits per heavy atom. The molecule has 1 saturated heterocycles. The zero-order chi connectivity index (χ0) is 15.5. The van der Waals surface area contributed by atoms with E-state index in [1.165, 1.54) is 10.0 Å². The average molecular weight is 310 g/mol. The zero-order valence-electron chi connectivity index (χ0n) is 12.8. The molecule has 2 amide bonds. The molecule has 2 heterocycles. The Morgan fingerprint density at radius 3 is 2.62 bits per heavy atom. The molecule has 0 aliphatic carbocycles. The van der Waals surface area contributed by atoms with Gasteiger partial charge in [-0.2, -0.15) is 11.3 Å². The number of rotatable bonds is 3. The average Bonchev–Trinajstić information content (AvgIpc) is 3.05. The second-order valence-corrected chi connectivity index (χ2v) is 6.89. The van der Waals surface area contributed by atoms with Crippen LogP contribution in [0.3, 0.4) is 0 Å². The van der Waals surface area contributed by atoms with Crippen LogP contribution < -0.4 is 0 Å². The van der Waals surface area contributed by atoms with Gasteiger partial charge in [0.2, 0.25) is 5.91 Å². The molecule has 6 heteroatoms. The fourth-order valence-electron chi connectivity index (χ4n) is 2.19. The van der Waals surface area contributed by atoms with E-state index in [-0.39, 0.29) is 5.91 Å². The summed E-state index contributed by atoms with van der Waals surface area (Å²) in [5.74, 6) is -0.0236. The molecule has 1 fully saturated rings. The first-order valence-corrected chi connectivity index (χ1v) is 8.13. The highest BCUT2D eigenvalue weighted by atomic mass is 32.1. The van der Waals surface area contributed by atoms with Crippen LogP contribution in [0.15, 0.2) is 16.8 Å². The smallest absolute Gasteiger partial charge is 0.429 e. The van der Waals surface area contributed by atoms with Gasteiger partial charge in [-0.05, 0) is 56.0 Å². The van der Waals surface area contributed by atoms with Crippen LogP contribution in [0.5, 0.6) is 0 Å². The maximum Gasteiger partial charge on any atom is 0.429 e. The summed E-state index contributed by atoms with van der Waals surface area (Å²) in [5, 5.41) is 7.01. The summed E-state index contributed by atoms with van der Waals surface area (Å²) in [6.45, 7) is 6.60. The first-order chi connectivity index (χ1) is 9.87. The summed E-state index contributed by atoms with van der Waals surface area (Å²) in [4.78, 5) is 24.4. The van der Waals surface area contributed by atoms with E-state index in [2.05, 4.69) is 0 Å². The Labute approximate surface area is 129 Å². The minimum Gasteiger partial charge on any atom is -0.442 e. The van der Waals surface area contributed by atoms with E-state index < -0.39 is 11.7 Å². The van der Waals surface area contributed by atoms with Crippen molar-refractivity contribution in [3.8, 4) is 0 Å². The summed E-state index contributed by atoms with van der Waals surface area (Å²) in [7, 11) is 0. The van der Waals surface area contributed by atoms with Crippen LogP contribution in [0.4, 0.5) is 4.79 Å². The Bertz CT molecular complexity index is 494. The number of hydrogen-bond acceptors (Lipinski definition) is 4. The molecule has 0 aromatic carbocycles. The Hall–Kier alpha value is -1.56. The summed E-state index contributed by atoms with van der Waals surface area (Å²) >= 11 is 1.63. The molecule has 2 rings (SSSR count). The molecule has 0 saturated carbocycles. The minimum atomic E-state index is -0.551. The van der Waals surface area contributed by atoms with Gasteiger partial charge in [0, 0.05) is 19.5 Å². The lowest BCUT2D eigenvalue weighted by atomic mass is 10.2. The monoisotopic (exact) mass is 310 g/mol. The van der Waals surface area contributed by atoms with E-state index in [0.717, 1.165) is 12.0 Å². The molecule has 0 spiro atoms. The van der Waals surface area contributed by atoms with Crippen LogP contribution in [0.1, 0.15) is 39.2 Å². The van der Waals surface area contributed by atoms with E-state index in [4.69, 9.17) is 4.74 Å². The normalized spacial score (nSPS) is 15.4. The maximum absolute atomic E-state index is 12.3. The molecule has 0 unspecified atom stereocenters. The number of hydrogen-bond donors (Lipinski definition) is 0. The molecule has 116 valence electrons. The van der Waals surface area contributed by atoms with E-state index in [1.54, 1.807) is 11.3 Å². The van der Waals surface area contributed by atoms with Crippen molar-refractivity contribution < 1.29 is 14.3 Å². The van der Waals surface area contributed by atoms with Gasteiger partial charge < -0.3 is 4.74 Å². The number of thiophene rings is 1. The van der Waals surface area contributed by atoms with Gasteiger partial charge in [-0.15, -0.1) is 0 Å². The largest absolute Gasteiger partial charge is 0.442 e. The second kappa shape index (κ2) is 6.47. The highest BCUT2D eigenvalue weighted by Crippen LogP contribution is 2.18. The van der Waals surface area contributed by atoms with Crippen LogP contribution in [0, 0.1) is 0 Å². The third-order valence-electron chi connectivity index (χ3n) is 3.13. The van der Waals surface area contributed by atoms with Crippen LogP contribution in [-0.2, 0) is 16.0 Å². The maximum atomic E-state index is 12.3. The molecule has 0 atom stereocenters. The molecular formula is C15H22N2O3S. The Kier molecular flexibility index (Phi) is 4.88. The third-order valence-corrected chi connectivity index (χ3v) is 3.86. The van der Waals surface area contributed by atoms with Crippen molar-refractivity contribution in [2.75, 3.05) is 13.1 Å². The lowest BCUT2D eigenvalue weighted by Crippen LogP contribution is -2.46. The first kappa shape index (κ1) is 15.8. The molecule has 0 bridgehead atoms. The van der Waals surface area contributed by atoms with Crippen molar-refractivity contribution in [1.82, 2.24) is 10.0 Å². The van der Waals surface area contributed by atoms with Gasteiger partial charge in [0.1, 0.15) is 5.60 Å². The highest BCUT2D eigenvalue weighted by molar-refractivity contribution is 7.07. The zero-order valence-corrected chi connectivity index (χ0v) is 13.6. The Morgan fingerprint density at radius 1 is 1.29 bits per heavy atom. The van der Waals surface area contributed by atoms with Crippen molar-refractivity contribution >= 4 is 23.3 Å². The van der Waals surface area contributed by atoms with Gasteiger partial charge in [0.25, 0.3) is 0 Å². The number of carbonyl (C=O) groups is 2.